The van der Waals surface area contributed by atoms with E-state index >= 15 is 0 Å². The summed E-state index contributed by atoms with van der Waals surface area (Å²) in [6.45, 7) is 5.43. The molecule has 1 aromatic carbocycles. The fourth-order valence-corrected chi connectivity index (χ4v) is 2.00. The average molecular weight is 206 g/mol. The Labute approximate surface area is 88.0 Å². The van der Waals surface area contributed by atoms with Gasteiger partial charge in [0.25, 0.3) is 0 Å². The number of hydrogen-bond acceptors (Lipinski definition) is 3. The predicted octanol–water partition coefficient (Wildman–Crippen LogP) is 3.36. The third-order valence-corrected chi connectivity index (χ3v) is 2.84. The first-order chi connectivity index (χ1) is 6.75. The molecule has 0 aliphatic heterocycles. The number of thiazole rings is 1. The Balaban J connectivity index is 2.17. The molecule has 0 fully saturated rings. The summed E-state index contributed by atoms with van der Waals surface area (Å²) >= 11 is 1.68. The maximum atomic E-state index is 4.25. The lowest BCUT2D eigenvalue weighted by Crippen LogP contribution is -2.07. The number of aromatic nitrogens is 1. The molecule has 0 saturated heterocycles. The monoisotopic (exact) mass is 206 g/mol. The van der Waals surface area contributed by atoms with Crippen LogP contribution in [-0.4, -0.2) is 11.5 Å². The van der Waals surface area contributed by atoms with E-state index in [9.17, 15) is 0 Å². The van der Waals surface area contributed by atoms with Crippen LogP contribution in [0.4, 0.5) is 5.69 Å². The highest BCUT2D eigenvalue weighted by Crippen LogP contribution is 2.21. The minimum atomic E-state index is 0.673. The van der Waals surface area contributed by atoms with E-state index in [1.165, 1.54) is 10.4 Å². The van der Waals surface area contributed by atoms with Crippen LogP contribution in [0.1, 0.15) is 13.8 Å². The molecule has 0 radical (unpaired) electrons. The normalized spacial score (nSPS) is 11.1. The second kappa shape index (κ2) is 3.96. The minimum Gasteiger partial charge on any atom is -0.385 e. The molecule has 0 aliphatic carbocycles. The lowest BCUT2D eigenvalue weighted by molar-refractivity contribution is 0.689. The summed E-state index contributed by atoms with van der Waals surface area (Å²) in [4.78, 5) is 4.25. The first kappa shape index (κ1) is 9.46. The molecule has 1 aromatic heterocycles. The van der Waals surface area contributed by atoms with Gasteiger partial charge in [-0.1, -0.05) is 13.8 Å². The Kier molecular flexibility index (Phi) is 2.68. The molecular weight excluding hydrogens is 192 g/mol. The molecule has 3 heteroatoms. The van der Waals surface area contributed by atoms with Crippen molar-refractivity contribution < 1.29 is 0 Å². The van der Waals surface area contributed by atoms with E-state index in [1.807, 2.05) is 5.51 Å². The molecular formula is C11H14N2S. The zero-order valence-corrected chi connectivity index (χ0v) is 9.27. The Bertz CT molecular complexity index is 420. The Hall–Kier alpha value is -1.09. The van der Waals surface area contributed by atoms with Gasteiger partial charge in [0.15, 0.2) is 0 Å². The summed E-state index contributed by atoms with van der Waals surface area (Å²) < 4.78 is 1.25. The van der Waals surface area contributed by atoms with Crippen LogP contribution >= 0.6 is 11.3 Å². The van der Waals surface area contributed by atoms with Crippen molar-refractivity contribution in [3.8, 4) is 0 Å². The zero-order valence-electron chi connectivity index (χ0n) is 8.45. The molecule has 74 valence electrons. The van der Waals surface area contributed by atoms with Crippen molar-refractivity contribution in [3.05, 3.63) is 23.7 Å². The van der Waals surface area contributed by atoms with Crippen molar-refractivity contribution in [1.82, 2.24) is 4.98 Å². The third-order valence-electron chi connectivity index (χ3n) is 2.05. The summed E-state index contributed by atoms with van der Waals surface area (Å²) in [6, 6.07) is 6.31. The summed E-state index contributed by atoms with van der Waals surface area (Å²) in [6.07, 6.45) is 0. The second-order valence-corrected chi connectivity index (χ2v) is 4.70. The highest BCUT2D eigenvalue weighted by atomic mass is 32.1. The van der Waals surface area contributed by atoms with Crippen LogP contribution in [0.25, 0.3) is 10.2 Å². The lowest BCUT2D eigenvalue weighted by atomic mass is 10.2. The van der Waals surface area contributed by atoms with E-state index in [0.717, 1.165) is 12.1 Å². The van der Waals surface area contributed by atoms with Crippen molar-refractivity contribution in [2.45, 2.75) is 13.8 Å². The number of nitrogens with zero attached hydrogens (tertiary/aromatic N) is 1. The molecule has 0 amide bonds. The molecule has 2 nitrogen and oxygen atoms in total. The summed E-state index contributed by atoms with van der Waals surface area (Å²) in [5.74, 6) is 0.673. The van der Waals surface area contributed by atoms with Crippen molar-refractivity contribution in [1.29, 1.82) is 0 Å². The quantitative estimate of drug-likeness (QED) is 0.833. The van der Waals surface area contributed by atoms with Gasteiger partial charge in [-0.05, 0) is 24.1 Å². The zero-order chi connectivity index (χ0) is 9.97. The number of fused-ring (bicyclic) bond motifs is 1. The smallest absolute Gasteiger partial charge is 0.0813 e. The fourth-order valence-electron chi connectivity index (χ4n) is 1.29. The number of rotatable bonds is 3. The van der Waals surface area contributed by atoms with E-state index in [4.69, 9.17) is 0 Å². The van der Waals surface area contributed by atoms with Crippen LogP contribution in [-0.2, 0) is 0 Å². The Morgan fingerprint density at radius 1 is 1.43 bits per heavy atom. The van der Waals surface area contributed by atoms with Crippen molar-refractivity contribution >= 4 is 27.2 Å². The number of nitrogens with one attached hydrogen (secondary N) is 1. The van der Waals surface area contributed by atoms with E-state index in [0.29, 0.717) is 5.92 Å². The van der Waals surface area contributed by atoms with Gasteiger partial charge in [-0.15, -0.1) is 11.3 Å². The Morgan fingerprint density at radius 3 is 3.07 bits per heavy atom. The van der Waals surface area contributed by atoms with Gasteiger partial charge in [0, 0.05) is 12.2 Å². The third kappa shape index (κ3) is 2.04. The number of anilines is 1. The van der Waals surface area contributed by atoms with Crippen molar-refractivity contribution in [2.75, 3.05) is 11.9 Å². The van der Waals surface area contributed by atoms with Crippen molar-refractivity contribution in [2.24, 2.45) is 5.92 Å². The van der Waals surface area contributed by atoms with Gasteiger partial charge in [0.1, 0.15) is 0 Å². The number of hydrogen-bond donors (Lipinski definition) is 1. The Morgan fingerprint density at radius 2 is 2.29 bits per heavy atom. The first-order valence-electron chi connectivity index (χ1n) is 4.83. The number of benzene rings is 1. The maximum Gasteiger partial charge on any atom is 0.0813 e. The van der Waals surface area contributed by atoms with E-state index < -0.39 is 0 Å². The molecule has 2 aromatic rings. The molecule has 1 heterocycles. The highest BCUT2D eigenvalue weighted by molar-refractivity contribution is 7.16. The largest absolute Gasteiger partial charge is 0.385 e. The van der Waals surface area contributed by atoms with Gasteiger partial charge in [0.05, 0.1) is 15.7 Å². The molecule has 0 saturated carbocycles. The molecule has 0 spiro atoms. The molecule has 0 bridgehead atoms. The van der Waals surface area contributed by atoms with Gasteiger partial charge < -0.3 is 5.32 Å². The molecule has 1 N–H and O–H groups in total. The van der Waals surface area contributed by atoms with E-state index in [-0.39, 0.29) is 0 Å². The SMILES string of the molecule is CC(C)CNc1ccc2ncsc2c1. The van der Waals surface area contributed by atoms with E-state index in [1.54, 1.807) is 11.3 Å². The molecule has 2 rings (SSSR count). The van der Waals surface area contributed by atoms with Gasteiger partial charge in [-0.25, -0.2) is 4.98 Å². The topological polar surface area (TPSA) is 24.9 Å². The second-order valence-electron chi connectivity index (χ2n) is 3.81. The van der Waals surface area contributed by atoms with Crippen LogP contribution < -0.4 is 5.32 Å². The van der Waals surface area contributed by atoms with Gasteiger partial charge >= 0.3 is 0 Å². The predicted molar refractivity (Wildman–Crippen MR) is 62.9 cm³/mol. The van der Waals surface area contributed by atoms with Gasteiger partial charge in [-0.3, -0.25) is 0 Å². The molecule has 0 unspecified atom stereocenters. The van der Waals surface area contributed by atoms with Crippen molar-refractivity contribution in [3.63, 3.8) is 0 Å². The van der Waals surface area contributed by atoms with Crippen LogP contribution in [0.3, 0.4) is 0 Å². The van der Waals surface area contributed by atoms with Gasteiger partial charge in [-0.2, -0.15) is 0 Å². The highest BCUT2D eigenvalue weighted by Gasteiger charge is 1.99. The molecule has 0 atom stereocenters. The summed E-state index contributed by atoms with van der Waals surface area (Å²) in [5.41, 5.74) is 4.16. The fraction of sp³-hybridized carbons (Fsp3) is 0.364. The average Bonchev–Trinajstić information content (AvgIpc) is 2.61. The van der Waals surface area contributed by atoms with Crippen LogP contribution in [0.15, 0.2) is 23.7 Å². The maximum absolute atomic E-state index is 4.25. The lowest BCUT2D eigenvalue weighted by Gasteiger charge is -2.08. The van der Waals surface area contributed by atoms with Crippen LogP contribution in [0, 0.1) is 5.92 Å². The van der Waals surface area contributed by atoms with Crippen LogP contribution in [0.2, 0.25) is 0 Å². The molecule has 0 aliphatic rings. The first-order valence-corrected chi connectivity index (χ1v) is 5.71. The van der Waals surface area contributed by atoms with E-state index in [2.05, 4.69) is 42.3 Å². The summed E-state index contributed by atoms with van der Waals surface area (Å²) in [7, 11) is 0. The molecule has 14 heavy (non-hydrogen) atoms. The van der Waals surface area contributed by atoms with Gasteiger partial charge in [0.2, 0.25) is 0 Å². The standard InChI is InChI=1S/C11H14N2S/c1-8(2)6-12-9-3-4-10-11(5-9)14-7-13-10/h3-5,7-8,12H,6H2,1-2H3. The summed E-state index contributed by atoms with van der Waals surface area (Å²) in [5, 5.41) is 3.40. The minimum absolute atomic E-state index is 0.673. The van der Waals surface area contributed by atoms with Crippen LogP contribution in [0.5, 0.6) is 0 Å².